The predicted molar refractivity (Wildman–Crippen MR) is 89.8 cm³/mol. The molecule has 2 saturated heterocycles. The van der Waals surface area contributed by atoms with E-state index in [-0.39, 0.29) is 5.97 Å². The first-order chi connectivity index (χ1) is 11.3. The Bertz CT molecular complexity index is 512. The van der Waals surface area contributed by atoms with Crippen molar-refractivity contribution >= 4 is 5.97 Å². The number of methoxy groups -OCH3 is 1. The Hall–Kier alpha value is -1.55. The van der Waals surface area contributed by atoms with Crippen molar-refractivity contribution in [3.63, 3.8) is 0 Å². The topological polar surface area (TPSA) is 38.8 Å². The lowest BCUT2D eigenvalue weighted by atomic mass is 9.82. The second kappa shape index (κ2) is 7.82. The molecule has 0 spiro atoms. The van der Waals surface area contributed by atoms with Gasteiger partial charge in [0, 0.05) is 6.04 Å². The molecule has 2 heterocycles. The van der Waals surface area contributed by atoms with Gasteiger partial charge in [0.15, 0.2) is 0 Å². The normalized spacial score (nSPS) is 24.7. The summed E-state index contributed by atoms with van der Waals surface area (Å²) in [6, 6.07) is 7.81. The molecule has 0 radical (unpaired) electrons. The van der Waals surface area contributed by atoms with Gasteiger partial charge in [0.1, 0.15) is 5.75 Å². The molecule has 0 aromatic heterocycles. The van der Waals surface area contributed by atoms with Gasteiger partial charge in [-0.3, -0.25) is 0 Å². The van der Waals surface area contributed by atoms with Crippen LogP contribution in [-0.2, 0) is 4.74 Å². The number of nitrogens with zero attached hydrogens (tertiary/aromatic N) is 1. The third-order valence-corrected chi connectivity index (χ3v) is 5.28. The zero-order valence-corrected chi connectivity index (χ0v) is 14.0. The molecular formula is C19H27NO3. The zero-order valence-electron chi connectivity index (χ0n) is 14.0. The van der Waals surface area contributed by atoms with Crippen LogP contribution in [0.5, 0.6) is 5.75 Å². The summed E-state index contributed by atoms with van der Waals surface area (Å²) >= 11 is 0. The standard InChI is InChI=1S/C19H27NO3/c1-22-17-9-7-16(8-10-17)19(21)23-14-11-15-5-4-13-20-12-3-2-6-18(15)20/h7-10,15,18H,2-6,11-14H2,1H3/t15-,18-/m0/s1. The Morgan fingerprint density at radius 2 is 1.91 bits per heavy atom. The second-order valence-electron chi connectivity index (χ2n) is 6.65. The van der Waals surface area contributed by atoms with Gasteiger partial charge in [0.2, 0.25) is 0 Å². The van der Waals surface area contributed by atoms with Crippen molar-refractivity contribution in [2.45, 2.75) is 44.6 Å². The fourth-order valence-electron chi connectivity index (χ4n) is 4.03. The first-order valence-electron chi connectivity index (χ1n) is 8.83. The van der Waals surface area contributed by atoms with Crippen LogP contribution in [0.1, 0.15) is 48.9 Å². The van der Waals surface area contributed by atoms with E-state index in [0.29, 0.717) is 18.1 Å². The maximum absolute atomic E-state index is 12.1. The summed E-state index contributed by atoms with van der Waals surface area (Å²) in [6.07, 6.45) is 7.56. The van der Waals surface area contributed by atoms with Gasteiger partial charge >= 0.3 is 5.97 Å². The Morgan fingerprint density at radius 3 is 2.70 bits per heavy atom. The van der Waals surface area contributed by atoms with E-state index in [1.165, 1.54) is 45.2 Å². The lowest BCUT2D eigenvalue weighted by Crippen LogP contribution is -2.48. The molecule has 2 fully saturated rings. The maximum atomic E-state index is 12.1. The Kier molecular flexibility index (Phi) is 5.55. The summed E-state index contributed by atoms with van der Waals surface area (Å²) in [4.78, 5) is 14.8. The van der Waals surface area contributed by atoms with Crippen molar-refractivity contribution in [3.05, 3.63) is 29.8 Å². The molecule has 0 unspecified atom stereocenters. The molecule has 3 rings (SSSR count). The quantitative estimate of drug-likeness (QED) is 0.779. The van der Waals surface area contributed by atoms with Gasteiger partial charge < -0.3 is 14.4 Å². The summed E-state index contributed by atoms with van der Waals surface area (Å²) in [5.74, 6) is 1.21. The van der Waals surface area contributed by atoms with Gasteiger partial charge in [-0.15, -0.1) is 0 Å². The number of piperidine rings is 2. The molecule has 0 saturated carbocycles. The molecule has 0 bridgehead atoms. The molecule has 1 aromatic carbocycles. The number of carbonyl (C=O) groups is 1. The molecule has 126 valence electrons. The number of ether oxygens (including phenoxy) is 2. The van der Waals surface area contributed by atoms with Crippen molar-refractivity contribution < 1.29 is 14.3 Å². The molecule has 0 aliphatic carbocycles. The minimum Gasteiger partial charge on any atom is -0.497 e. The fraction of sp³-hybridized carbons (Fsp3) is 0.632. The molecule has 0 N–H and O–H groups in total. The lowest BCUT2D eigenvalue weighted by Gasteiger charge is -2.44. The molecule has 2 aliphatic rings. The monoisotopic (exact) mass is 317 g/mol. The Morgan fingerprint density at radius 1 is 1.13 bits per heavy atom. The van der Waals surface area contributed by atoms with Crippen molar-refractivity contribution in [3.8, 4) is 5.75 Å². The van der Waals surface area contributed by atoms with Crippen LogP contribution < -0.4 is 4.74 Å². The van der Waals surface area contributed by atoms with E-state index in [1.807, 2.05) is 0 Å². The summed E-state index contributed by atoms with van der Waals surface area (Å²) in [5.41, 5.74) is 0.591. The second-order valence-corrected chi connectivity index (χ2v) is 6.65. The van der Waals surface area contributed by atoms with Gasteiger partial charge in [-0.05, 0) is 75.4 Å². The zero-order chi connectivity index (χ0) is 16.1. The molecule has 4 heteroatoms. The molecule has 0 amide bonds. The van der Waals surface area contributed by atoms with Crippen LogP contribution >= 0.6 is 0 Å². The molecule has 4 nitrogen and oxygen atoms in total. The summed E-state index contributed by atoms with van der Waals surface area (Å²) in [7, 11) is 1.62. The Labute approximate surface area is 138 Å². The number of rotatable bonds is 5. The van der Waals surface area contributed by atoms with Crippen molar-refractivity contribution in [2.24, 2.45) is 5.92 Å². The lowest BCUT2D eigenvalue weighted by molar-refractivity contribution is 0.0296. The largest absolute Gasteiger partial charge is 0.497 e. The van der Waals surface area contributed by atoms with Crippen LogP contribution in [0.3, 0.4) is 0 Å². The molecule has 23 heavy (non-hydrogen) atoms. The van der Waals surface area contributed by atoms with Crippen LogP contribution in [0.25, 0.3) is 0 Å². The van der Waals surface area contributed by atoms with Crippen LogP contribution in [0.15, 0.2) is 24.3 Å². The number of hydrogen-bond acceptors (Lipinski definition) is 4. The van der Waals surface area contributed by atoms with E-state index in [4.69, 9.17) is 9.47 Å². The third kappa shape index (κ3) is 4.05. The van der Waals surface area contributed by atoms with E-state index in [1.54, 1.807) is 31.4 Å². The predicted octanol–water partition coefficient (Wildman–Crippen LogP) is 3.51. The third-order valence-electron chi connectivity index (χ3n) is 5.28. The number of fused-ring (bicyclic) bond motifs is 1. The molecule has 2 atom stereocenters. The SMILES string of the molecule is COc1ccc(C(=O)OCC[C@@H]2CCCN3CCCC[C@@H]23)cc1. The van der Waals surface area contributed by atoms with Gasteiger partial charge in [0.05, 0.1) is 19.3 Å². The highest BCUT2D eigenvalue weighted by molar-refractivity contribution is 5.89. The van der Waals surface area contributed by atoms with Crippen LogP contribution in [0, 0.1) is 5.92 Å². The highest BCUT2D eigenvalue weighted by atomic mass is 16.5. The highest BCUT2D eigenvalue weighted by Crippen LogP contribution is 2.32. The number of esters is 1. The van der Waals surface area contributed by atoms with Crippen molar-refractivity contribution in [2.75, 3.05) is 26.8 Å². The maximum Gasteiger partial charge on any atom is 0.338 e. The first-order valence-corrected chi connectivity index (χ1v) is 8.83. The Balaban J connectivity index is 1.47. The summed E-state index contributed by atoms with van der Waals surface area (Å²) in [5, 5.41) is 0. The highest BCUT2D eigenvalue weighted by Gasteiger charge is 2.32. The number of hydrogen-bond donors (Lipinski definition) is 0. The smallest absolute Gasteiger partial charge is 0.338 e. The molecule has 2 aliphatic heterocycles. The van der Waals surface area contributed by atoms with Crippen LogP contribution in [-0.4, -0.2) is 43.7 Å². The van der Waals surface area contributed by atoms with Crippen LogP contribution in [0.2, 0.25) is 0 Å². The number of carbonyl (C=O) groups excluding carboxylic acids is 1. The van der Waals surface area contributed by atoms with E-state index in [9.17, 15) is 4.79 Å². The fourth-order valence-corrected chi connectivity index (χ4v) is 4.03. The average Bonchev–Trinajstić information content (AvgIpc) is 2.62. The van der Waals surface area contributed by atoms with Crippen molar-refractivity contribution in [1.29, 1.82) is 0 Å². The minimum atomic E-state index is -0.232. The molecular weight excluding hydrogens is 290 g/mol. The number of benzene rings is 1. The first kappa shape index (κ1) is 16.3. The van der Waals surface area contributed by atoms with Gasteiger partial charge in [-0.1, -0.05) is 6.42 Å². The van der Waals surface area contributed by atoms with Gasteiger partial charge in [-0.25, -0.2) is 4.79 Å². The average molecular weight is 317 g/mol. The van der Waals surface area contributed by atoms with Crippen LogP contribution in [0.4, 0.5) is 0 Å². The minimum absolute atomic E-state index is 0.232. The molecule has 1 aromatic rings. The van der Waals surface area contributed by atoms with E-state index < -0.39 is 0 Å². The van der Waals surface area contributed by atoms with E-state index in [2.05, 4.69) is 4.90 Å². The van der Waals surface area contributed by atoms with E-state index >= 15 is 0 Å². The summed E-state index contributed by atoms with van der Waals surface area (Å²) in [6.45, 7) is 3.04. The van der Waals surface area contributed by atoms with Crippen molar-refractivity contribution in [1.82, 2.24) is 4.90 Å². The van der Waals surface area contributed by atoms with Gasteiger partial charge in [0.25, 0.3) is 0 Å². The van der Waals surface area contributed by atoms with Gasteiger partial charge in [-0.2, -0.15) is 0 Å². The van der Waals surface area contributed by atoms with E-state index in [0.717, 1.165) is 18.2 Å². The summed E-state index contributed by atoms with van der Waals surface area (Å²) < 4.78 is 10.6.